The summed E-state index contributed by atoms with van der Waals surface area (Å²) >= 11 is 0. The van der Waals surface area contributed by atoms with Crippen LogP contribution in [-0.4, -0.2) is 9.55 Å². The zero-order chi connectivity index (χ0) is 9.42. The van der Waals surface area contributed by atoms with Gasteiger partial charge in [-0.1, -0.05) is 0 Å². The number of pyridine rings is 2. The quantitative estimate of drug-likeness (QED) is 0.601. The Kier molecular flexibility index (Phi) is 1.65. The topological polar surface area (TPSA) is 34.9 Å². The maximum absolute atomic E-state index is 11.0. The summed E-state index contributed by atoms with van der Waals surface area (Å²) in [5, 5.41) is 0. The second-order valence-electron chi connectivity index (χ2n) is 3.09. The van der Waals surface area contributed by atoms with Gasteiger partial charge in [-0.3, -0.25) is 4.79 Å². The van der Waals surface area contributed by atoms with Gasteiger partial charge in [0.2, 0.25) is 0 Å². The van der Waals surface area contributed by atoms with Crippen LogP contribution >= 0.6 is 0 Å². The Morgan fingerprint density at radius 2 is 2.08 bits per heavy atom. The summed E-state index contributed by atoms with van der Waals surface area (Å²) in [6, 6.07) is 5.17. The molecule has 0 atom stereocenters. The lowest BCUT2D eigenvalue weighted by molar-refractivity contribution is 0.855. The van der Waals surface area contributed by atoms with E-state index in [1.807, 2.05) is 36.9 Å². The van der Waals surface area contributed by atoms with E-state index in [9.17, 15) is 4.79 Å². The van der Waals surface area contributed by atoms with Crippen LogP contribution in [0.5, 0.6) is 0 Å². The first-order valence-corrected chi connectivity index (χ1v) is 4.11. The lowest BCUT2D eigenvalue weighted by atomic mass is 10.1. The van der Waals surface area contributed by atoms with Gasteiger partial charge in [0.15, 0.2) is 0 Å². The smallest absolute Gasteiger partial charge is 0.270 e. The van der Waals surface area contributed by atoms with Crippen molar-refractivity contribution in [3.63, 3.8) is 0 Å². The van der Waals surface area contributed by atoms with Crippen LogP contribution in [0, 0.1) is 6.92 Å². The molecule has 66 valence electrons. The van der Waals surface area contributed by atoms with E-state index in [0.29, 0.717) is 0 Å². The van der Waals surface area contributed by atoms with Crippen molar-refractivity contribution in [3.8, 4) is 11.3 Å². The molecular formula is C10H10N2O. The van der Waals surface area contributed by atoms with Crippen LogP contribution in [0.1, 0.15) is 5.69 Å². The molecule has 0 unspecified atom stereocenters. The summed E-state index contributed by atoms with van der Waals surface area (Å²) in [6.45, 7) is 2.01. The molecule has 0 bridgehead atoms. The molecule has 13 heavy (non-hydrogen) atoms. The van der Waals surface area contributed by atoms with E-state index in [1.54, 1.807) is 0 Å². The summed E-state index contributed by atoms with van der Waals surface area (Å²) in [6.07, 6.45) is 1.91. The third-order valence-electron chi connectivity index (χ3n) is 2.27. The van der Waals surface area contributed by atoms with Gasteiger partial charge in [0.05, 0.1) is 5.69 Å². The number of fused-ring (bicyclic) bond motifs is 1. The minimum absolute atomic E-state index is 0.180. The van der Waals surface area contributed by atoms with E-state index < -0.39 is 0 Å². The molecule has 0 aromatic carbocycles. The number of hydrogen-bond acceptors (Lipinski definition) is 2. The third-order valence-corrected chi connectivity index (χ3v) is 2.27. The molecule has 0 fully saturated rings. The van der Waals surface area contributed by atoms with Crippen molar-refractivity contribution in [2.45, 2.75) is 6.92 Å². The minimum atomic E-state index is -0.180. The first-order valence-electron chi connectivity index (χ1n) is 4.11. The summed E-state index contributed by atoms with van der Waals surface area (Å²) < 4.78 is 2.01. The second-order valence-corrected chi connectivity index (χ2v) is 3.09. The summed E-state index contributed by atoms with van der Waals surface area (Å²) in [7, 11) is 1.97. The highest BCUT2D eigenvalue weighted by molar-refractivity contribution is 5.62. The van der Waals surface area contributed by atoms with Crippen molar-refractivity contribution in [2.75, 3.05) is 0 Å². The number of hydrogen-bond donors (Lipinski definition) is 0. The maximum atomic E-state index is 11.0. The Hall–Kier alpha value is -1.64. The van der Waals surface area contributed by atoms with Gasteiger partial charge in [-0.05, 0) is 19.1 Å². The number of aromatic nitrogens is 2. The van der Waals surface area contributed by atoms with Crippen LogP contribution in [0.25, 0.3) is 11.3 Å². The highest BCUT2D eigenvalue weighted by Crippen LogP contribution is 2.20. The molecule has 0 N–H and O–H groups in total. The highest BCUT2D eigenvalue weighted by atomic mass is 16.1. The fourth-order valence-electron chi connectivity index (χ4n) is 1.37. The third kappa shape index (κ3) is 1.22. The summed E-state index contributed by atoms with van der Waals surface area (Å²) in [5.41, 5.74) is 2.73. The average Bonchev–Trinajstić information content (AvgIpc) is 2.12. The molecule has 2 aliphatic heterocycles. The van der Waals surface area contributed by atoms with E-state index in [0.717, 1.165) is 17.0 Å². The number of nitrogens with zero attached hydrogens (tertiary/aromatic N) is 2. The van der Waals surface area contributed by atoms with Gasteiger partial charge in [-0.25, -0.2) is 4.98 Å². The standard InChI is InChI=1S/C10H10N2O/c1-7-8-3-4-10(13)11-9(8)5-6-12(7)2/h3-6H,1-2H3. The molecule has 0 radical (unpaired) electrons. The molecule has 0 aromatic heterocycles. The molecule has 0 saturated heterocycles. The fourth-order valence-corrected chi connectivity index (χ4v) is 1.37. The zero-order valence-electron chi connectivity index (χ0n) is 7.61. The Balaban J connectivity index is 2.87. The van der Waals surface area contributed by atoms with Crippen molar-refractivity contribution >= 4 is 0 Å². The lowest BCUT2D eigenvalue weighted by Gasteiger charge is -2.11. The number of aryl methyl sites for hydroxylation is 1. The molecule has 2 rings (SSSR count). The van der Waals surface area contributed by atoms with Gasteiger partial charge in [0.1, 0.15) is 0 Å². The van der Waals surface area contributed by atoms with Gasteiger partial charge in [0.25, 0.3) is 5.56 Å². The maximum Gasteiger partial charge on any atom is 0.270 e. The van der Waals surface area contributed by atoms with Crippen LogP contribution in [-0.2, 0) is 7.05 Å². The van der Waals surface area contributed by atoms with Gasteiger partial charge >= 0.3 is 0 Å². The summed E-state index contributed by atoms with van der Waals surface area (Å²) in [5.74, 6) is 0. The van der Waals surface area contributed by atoms with Crippen molar-refractivity contribution in [2.24, 2.45) is 7.05 Å². The van der Waals surface area contributed by atoms with Gasteiger partial charge in [-0.2, -0.15) is 0 Å². The first kappa shape index (κ1) is 7.98. The molecule has 0 amide bonds. The molecule has 0 saturated carbocycles. The largest absolute Gasteiger partial charge is 0.354 e. The van der Waals surface area contributed by atoms with E-state index in [1.165, 1.54) is 6.07 Å². The van der Waals surface area contributed by atoms with Crippen molar-refractivity contribution < 1.29 is 0 Å². The highest BCUT2D eigenvalue weighted by Gasteiger charge is 2.06. The molecule has 0 aliphatic carbocycles. The monoisotopic (exact) mass is 174 g/mol. The predicted octanol–water partition coefficient (Wildman–Crippen LogP) is 1.19. The van der Waals surface area contributed by atoms with Crippen LogP contribution in [0.3, 0.4) is 0 Å². The normalized spacial score (nSPS) is 10.6. The van der Waals surface area contributed by atoms with E-state index in [4.69, 9.17) is 0 Å². The number of rotatable bonds is 0. The molecule has 2 heterocycles. The van der Waals surface area contributed by atoms with Gasteiger partial charge < -0.3 is 4.57 Å². The Morgan fingerprint density at radius 3 is 2.85 bits per heavy atom. The van der Waals surface area contributed by atoms with Crippen molar-refractivity contribution in [3.05, 3.63) is 40.4 Å². The molecule has 0 aromatic rings. The molecule has 2 aliphatic rings. The lowest BCUT2D eigenvalue weighted by Crippen LogP contribution is -2.08. The Morgan fingerprint density at radius 1 is 1.31 bits per heavy atom. The molecule has 3 heteroatoms. The molecular weight excluding hydrogens is 164 g/mol. The minimum Gasteiger partial charge on any atom is -0.354 e. The van der Waals surface area contributed by atoms with Gasteiger partial charge in [0, 0.05) is 30.6 Å². The van der Waals surface area contributed by atoms with Crippen molar-refractivity contribution in [1.82, 2.24) is 9.55 Å². The van der Waals surface area contributed by atoms with Crippen LogP contribution in [0.2, 0.25) is 0 Å². The van der Waals surface area contributed by atoms with Crippen LogP contribution in [0.15, 0.2) is 29.2 Å². The molecule has 0 spiro atoms. The average molecular weight is 174 g/mol. The zero-order valence-corrected chi connectivity index (χ0v) is 7.61. The van der Waals surface area contributed by atoms with E-state index >= 15 is 0 Å². The Bertz CT molecular complexity index is 473. The van der Waals surface area contributed by atoms with Crippen LogP contribution in [0.4, 0.5) is 0 Å². The first-order chi connectivity index (χ1) is 6.18. The van der Waals surface area contributed by atoms with E-state index in [-0.39, 0.29) is 5.56 Å². The predicted molar refractivity (Wildman–Crippen MR) is 50.8 cm³/mol. The van der Waals surface area contributed by atoms with E-state index in [2.05, 4.69) is 4.98 Å². The SMILES string of the molecule is Cc1c2ccc(=O)nc-2ccn1C. The second kappa shape index (κ2) is 2.69. The Labute approximate surface area is 76.0 Å². The molecule has 3 nitrogen and oxygen atoms in total. The van der Waals surface area contributed by atoms with Crippen molar-refractivity contribution in [1.29, 1.82) is 0 Å². The summed E-state index contributed by atoms with van der Waals surface area (Å²) in [4.78, 5) is 14.9. The van der Waals surface area contributed by atoms with Gasteiger partial charge in [-0.15, -0.1) is 0 Å². The fraction of sp³-hybridized carbons (Fsp3) is 0.200. The van der Waals surface area contributed by atoms with Crippen LogP contribution < -0.4 is 5.56 Å².